The molecule has 0 saturated heterocycles. The van der Waals surface area contributed by atoms with Crippen LogP contribution in [0, 0.1) is 0 Å². The summed E-state index contributed by atoms with van der Waals surface area (Å²) in [5.41, 5.74) is 7.61. The largest absolute Gasteiger partial charge is 0.494 e. The number of nitrogens with two attached hydrogens (primary N) is 1. The summed E-state index contributed by atoms with van der Waals surface area (Å²) in [4.78, 5) is 0. The Balaban J connectivity index is 2.25. The Morgan fingerprint density at radius 3 is 2.23 bits per heavy atom. The molecule has 0 radical (unpaired) electrons. The molecular weight excluding hydrogens is 270 g/mol. The number of aryl methyl sites for hydroxylation is 1. The predicted molar refractivity (Wildman–Crippen MR) is 96.5 cm³/mol. The van der Waals surface area contributed by atoms with Crippen LogP contribution >= 0.6 is 0 Å². The van der Waals surface area contributed by atoms with Crippen molar-refractivity contribution in [3.05, 3.63) is 29.8 Å². The third kappa shape index (κ3) is 8.43. The van der Waals surface area contributed by atoms with Gasteiger partial charge in [0.15, 0.2) is 0 Å². The molecule has 1 aromatic carbocycles. The Kier molecular flexibility index (Phi) is 9.22. The van der Waals surface area contributed by atoms with Crippen molar-refractivity contribution in [2.45, 2.75) is 84.1 Å². The van der Waals surface area contributed by atoms with Crippen LogP contribution in [-0.4, -0.2) is 12.1 Å². The van der Waals surface area contributed by atoms with Crippen LogP contribution in [0.3, 0.4) is 0 Å². The van der Waals surface area contributed by atoms with Gasteiger partial charge in [-0.3, -0.25) is 0 Å². The lowest BCUT2D eigenvalue weighted by Crippen LogP contribution is -2.36. The van der Waals surface area contributed by atoms with E-state index in [-0.39, 0.29) is 5.54 Å². The Bertz CT molecular complexity index is 383. The van der Waals surface area contributed by atoms with Gasteiger partial charge in [-0.2, -0.15) is 0 Å². The van der Waals surface area contributed by atoms with Crippen molar-refractivity contribution in [1.82, 2.24) is 0 Å². The van der Waals surface area contributed by atoms with Crippen LogP contribution in [0.4, 0.5) is 0 Å². The molecule has 0 amide bonds. The van der Waals surface area contributed by atoms with Crippen molar-refractivity contribution >= 4 is 0 Å². The lowest BCUT2D eigenvalue weighted by molar-refractivity contribution is 0.304. The Hall–Kier alpha value is -1.02. The lowest BCUT2D eigenvalue weighted by Gasteiger charge is -2.23. The Morgan fingerprint density at radius 2 is 1.59 bits per heavy atom. The second-order valence-electron chi connectivity index (χ2n) is 6.81. The Morgan fingerprint density at radius 1 is 0.909 bits per heavy atom. The third-order valence-electron chi connectivity index (χ3n) is 4.25. The molecule has 0 heterocycles. The van der Waals surface area contributed by atoms with E-state index in [1.807, 2.05) is 0 Å². The molecule has 0 unspecified atom stereocenters. The molecule has 1 atom stereocenters. The van der Waals surface area contributed by atoms with Gasteiger partial charge in [0.1, 0.15) is 5.75 Å². The fourth-order valence-electron chi connectivity index (χ4n) is 2.77. The van der Waals surface area contributed by atoms with Gasteiger partial charge in [-0.1, -0.05) is 58.1 Å². The molecule has 126 valence electrons. The highest BCUT2D eigenvalue weighted by molar-refractivity contribution is 5.27. The smallest absolute Gasteiger partial charge is 0.119 e. The molecule has 1 rings (SSSR count). The highest BCUT2D eigenvalue weighted by Gasteiger charge is 2.16. The second kappa shape index (κ2) is 10.7. The van der Waals surface area contributed by atoms with Gasteiger partial charge in [0.25, 0.3) is 0 Å². The number of rotatable bonds is 12. The summed E-state index contributed by atoms with van der Waals surface area (Å²) < 4.78 is 5.80. The van der Waals surface area contributed by atoms with E-state index in [0.29, 0.717) is 0 Å². The first-order chi connectivity index (χ1) is 10.6. The molecule has 0 aromatic heterocycles. The van der Waals surface area contributed by atoms with Crippen molar-refractivity contribution < 1.29 is 4.74 Å². The maximum absolute atomic E-state index is 6.30. The first kappa shape index (κ1) is 19.0. The molecule has 2 nitrogen and oxygen atoms in total. The standard InChI is InChI=1S/C20H35NO/c1-4-6-7-8-9-17-22-19-12-10-18(11-13-19)14-16-20(3,21)15-5-2/h10-13H,4-9,14-17,21H2,1-3H3/t20-/m1/s1. The second-order valence-corrected chi connectivity index (χ2v) is 6.81. The number of unbranched alkanes of at least 4 members (excludes halogenated alkanes) is 4. The van der Waals surface area contributed by atoms with Crippen LogP contribution in [0.2, 0.25) is 0 Å². The van der Waals surface area contributed by atoms with E-state index in [1.54, 1.807) is 0 Å². The summed E-state index contributed by atoms with van der Waals surface area (Å²) in [6.45, 7) is 7.43. The monoisotopic (exact) mass is 305 g/mol. The molecule has 22 heavy (non-hydrogen) atoms. The van der Waals surface area contributed by atoms with E-state index in [0.717, 1.165) is 44.5 Å². The summed E-state index contributed by atoms with van der Waals surface area (Å²) in [7, 11) is 0. The summed E-state index contributed by atoms with van der Waals surface area (Å²) >= 11 is 0. The zero-order valence-electron chi connectivity index (χ0n) is 14.9. The average molecular weight is 306 g/mol. The van der Waals surface area contributed by atoms with Crippen LogP contribution in [-0.2, 0) is 6.42 Å². The van der Waals surface area contributed by atoms with Gasteiger partial charge in [-0.15, -0.1) is 0 Å². The van der Waals surface area contributed by atoms with E-state index >= 15 is 0 Å². The minimum Gasteiger partial charge on any atom is -0.494 e. The molecule has 2 N–H and O–H groups in total. The maximum atomic E-state index is 6.30. The summed E-state index contributed by atoms with van der Waals surface area (Å²) in [5.74, 6) is 0.989. The topological polar surface area (TPSA) is 35.2 Å². The molecule has 2 heteroatoms. The maximum Gasteiger partial charge on any atom is 0.119 e. The van der Waals surface area contributed by atoms with Crippen LogP contribution in [0.15, 0.2) is 24.3 Å². The quantitative estimate of drug-likeness (QED) is 0.518. The molecular formula is C20H35NO. The van der Waals surface area contributed by atoms with Gasteiger partial charge in [-0.25, -0.2) is 0 Å². The summed E-state index contributed by atoms with van der Waals surface area (Å²) in [6.07, 6.45) is 10.7. The van der Waals surface area contributed by atoms with Crippen molar-refractivity contribution in [3.63, 3.8) is 0 Å². The van der Waals surface area contributed by atoms with Gasteiger partial charge >= 0.3 is 0 Å². The van der Waals surface area contributed by atoms with Crippen molar-refractivity contribution in [1.29, 1.82) is 0 Å². The minimum absolute atomic E-state index is 0.0393. The van der Waals surface area contributed by atoms with E-state index in [1.165, 1.54) is 31.2 Å². The molecule has 0 spiro atoms. The van der Waals surface area contributed by atoms with Gasteiger partial charge in [0, 0.05) is 5.54 Å². The number of hydrogen-bond acceptors (Lipinski definition) is 2. The van der Waals surface area contributed by atoms with Crippen LogP contribution < -0.4 is 10.5 Å². The Labute approximate surface area is 137 Å². The van der Waals surface area contributed by atoms with Gasteiger partial charge < -0.3 is 10.5 Å². The normalized spacial score (nSPS) is 13.8. The van der Waals surface area contributed by atoms with Crippen molar-refractivity contribution in [2.75, 3.05) is 6.61 Å². The predicted octanol–water partition coefficient (Wildman–Crippen LogP) is 5.49. The number of hydrogen-bond donors (Lipinski definition) is 1. The molecule has 0 bridgehead atoms. The first-order valence-electron chi connectivity index (χ1n) is 9.08. The van der Waals surface area contributed by atoms with Crippen molar-refractivity contribution in [2.24, 2.45) is 5.73 Å². The minimum atomic E-state index is -0.0393. The molecule has 0 aliphatic rings. The van der Waals surface area contributed by atoms with Gasteiger partial charge in [0.05, 0.1) is 6.61 Å². The summed E-state index contributed by atoms with van der Waals surface area (Å²) in [5, 5.41) is 0. The third-order valence-corrected chi connectivity index (χ3v) is 4.25. The fraction of sp³-hybridized carbons (Fsp3) is 0.700. The zero-order valence-corrected chi connectivity index (χ0v) is 14.9. The van der Waals surface area contributed by atoms with E-state index in [9.17, 15) is 0 Å². The van der Waals surface area contributed by atoms with Gasteiger partial charge in [-0.05, 0) is 50.3 Å². The molecule has 1 aromatic rings. The van der Waals surface area contributed by atoms with Crippen LogP contribution in [0.25, 0.3) is 0 Å². The highest BCUT2D eigenvalue weighted by Crippen LogP contribution is 2.19. The summed E-state index contributed by atoms with van der Waals surface area (Å²) in [6, 6.07) is 8.53. The van der Waals surface area contributed by atoms with Gasteiger partial charge in [0.2, 0.25) is 0 Å². The first-order valence-corrected chi connectivity index (χ1v) is 9.08. The van der Waals surface area contributed by atoms with Crippen molar-refractivity contribution in [3.8, 4) is 5.75 Å². The van der Waals surface area contributed by atoms with Crippen LogP contribution in [0.1, 0.15) is 77.7 Å². The number of ether oxygens (including phenoxy) is 1. The van der Waals surface area contributed by atoms with E-state index in [4.69, 9.17) is 10.5 Å². The average Bonchev–Trinajstić information content (AvgIpc) is 2.50. The van der Waals surface area contributed by atoms with Crippen LogP contribution in [0.5, 0.6) is 5.75 Å². The molecule has 0 aliphatic heterocycles. The molecule has 0 aliphatic carbocycles. The van der Waals surface area contributed by atoms with E-state index in [2.05, 4.69) is 45.0 Å². The highest BCUT2D eigenvalue weighted by atomic mass is 16.5. The fourth-order valence-corrected chi connectivity index (χ4v) is 2.77. The van der Waals surface area contributed by atoms with E-state index < -0.39 is 0 Å². The lowest BCUT2D eigenvalue weighted by atomic mass is 9.90. The number of benzene rings is 1. The molecule has 0 fully saturated rings. The molecule has 0 saturated carbocycles. The SMILES string of the molecule is CCCCCCCOc1ccc(CC[C@](C)(N)CCC)cc1. The zero-order chi connectivity index (χ0) is 16.3.